The molecule has 0 fully saturated rings. The largest absolute Gasteiger partial charge is 0.307 e. The van der Waals surface area contributed by atoms with Crippen molar-refractivity contribution in [3.63, 3.8) is 0 Å². The molecule has 5 heteroatoms. The standard InChI is InChI=1S/C12H13BrFN3/c1-17-5-4-10(16-17)8-15-7-9-2-3-12(14)11(13)6-9/h2-6,15H,7-8H2,1H3. The first kappa shape index (κ1) is 12.3. The first-order chi connectivity index (χ1) is 8.15. The van der Waals surface area contributed by atoms with E-state index >= 15 is 0 Å². The van der Waals surface area contributed by atoms with Gasteiger partial charge in [0.2, 0.25) is 0 Å². The molecule has 0 bridgehead atoms. The molecule has 0 radical (unpaired) electrons. The van der Waals surface area contributed by atoms with E-state index < -0.39 is 0 Å². The van der Waals surface area contributed by atoms with Crippen LogP contribution in [0.3, 0.4) is 0 Å². The second kappa shape index (κ2) is 5.42. The molecule has 0 saturated heterocycles. The van der Waals surface area contributed by atoms with Crippen LogP contribution in [0.25, 0.3) is 0 Å². The fourth-order valence-corrected chi connectivity index (χ4v) is 1.97. The summed E-state index contributed by atoms with van der Waals surface area (Å²) in [6.07, 6.45) is 1.91. The molecule has 0 amide bonds. The summed E-state index contributed by atoms with van der Waals surface area (Å²) in [5.41, 5.74) is 2.03. The van der Waals surface area contributed by atoms with E-state index in [0.29, 0.717) is 17.6 Å². The molecule has 3 nitrogen and oxygen atoms in total. The lowest BCUT2D eigenvalue weighted by molar-refractivity contribution is 0.617. The molecule has 0 unspecified atom stereocenters. The van der Waals surface area contributed by atoms with E-state index in [2.05, 4.69) is 26.3 Å². The Morgan fingerprint density at radius 1 is 1.35 bits per heavy atom. The van der Waals surface area contributed by atoms with E-state index in [9.17, 15) is 4.39 Å². The van der Waals surface area contributed by atoms with Gasteiger partial charge in [0.1, 0.15) is 5.82 Å². The highest BCUT2D eigenvalue weighted by Crippen LogP contribution is 2.16. The zero-order chi connectivity index (χ0) is 12.3. The number of hydrogen-bond donors (Lipinski definition) is 1. The molecule has 0 saturated carbocycles. The van der Waals surface area contributed by atoms with E-state index in [1.54, 1.807) is 16.8 Å². The monoisotopic (exact) mass is 297 g/mol. The average Bonchev–Trinajstić information content (AvgIpc) is 2.70. The molecule has 17 heavy (non-hydrogen) atoms. The number of halogens is 2. The molecule has 2 rings (SSSR count). The molecule has 1 N–H and O–H groups in total. The Labute approximate surface area is 108 Å². The maximum atomic E-state index is 13.0. The number of nitrogens with zero attached hydrogens (tertiary/aromatic N) is 2. The van der Waals surface area contributed by atoms with Crippen LogP contribution in [0.2, 0.25) is 0 Å². The van der Waals surface area contributed by atoms with Crippen LogP contribution >= 0.6 is 15.9 Å². The van der Waals surface area contributed by atoms with Gasteiger partial charge in [-0.05, 0) is 39.7 Å². The SMILES string of the molecule is Cn1ccc(CNCc2ccc(F)c(Br)c2)n1. The topological polar surface area (TPSA) is 29.9 Å². The molecule has 1 heterocycles. The summed E-state index contributed by atoms with van der Waals surface area (Å²) in [7, 11) is 1.89. The Hall–Kier alpha value is -1.20. The number of aryl methyl sites for hydroxylation is 1. The quantitative estimate of drug-likeness (QED) is 0.940. The number of hydrogen-bond acceptors (Lipinski definition) is 2. The Morgan fingerprint density at radius 3 is 2.82 bits per heavy atom. The third kappa shape index (κ3) is 3.38. The van der Waals surface area contributed by atoms with Gasteiger partial charge in [-0.2, -0.15) is 5.10 Å². The zero-order valence-corrected chi connectivity index (χ0v) is 11.0. The van der Waals surface area contributed by atoms with Crippen LogP contribution < -0.4 is 5.32 Å². The van der Waals surface area contributed by atoms with Gasteiger partial charge in [-0.25, -0.2) is 4.39 Å². The van der Waals surface area contributed by atoms with Gasteiger partial charge in [0.15, 0.2) is 0 Å². The molecule has 90 valence electrons. The molecular formula is C12H13BrFN3. The number of benzene rings is 1. The van der Waals surface area contributed by atoms with Crippen molar-refractivity contribution < 1.29 is 4.39 Å². The second-order valence-electron chi connectivity index (χ2n) is 3.83. The van der Waals surface area contributed by atoms with Crippen LogP contribution in [0.1, 0.15) is 11.3 Å². The maximum absolute atomic E-state index is 13.0. The van der Waals surface area contributed by atoms with Crippen molar-refractivity contribution in [2.24, 2.45) is 7.05 Å². The van der Waals surface area contributed by atoms with Gasteiger partial charge in [0.25, 0.3) is 0 Å². The van der Waals surface area contributed by atoms with Crippen LogP contribution in [0.15, 0.2) is 34.9 Å². The second-order valence-corrected chi connectivity index (χ2v) is 4.69. The molecule has 0 aliphatic carbocycles. The van der Waals surface area contributed by atoms with Crippen LogP contribution in [0.4, 0.5) is 4.39 Å². The minimum Gasteiger partial charge on any atom is -0.307 e. The Bertz CT molecular complexity index is 510. The lowest BCUT2D eigenvalue weighted by Gasteiger charge is -2.04. The van der Waals surface area contributed by atoms with Gasteiger partial charge >= 0.3 is 0 Å². The average molecular weight is 298 g/mol. The van der Waals surface area contributed by atoms with Crippen LogP contribution in [0.5, 0.6) is 0 Å². The molecule has 1 aromatic carbocycles. The van der Waals surface area contributed by atoms with E-state index in [0.717, 1.165) is 11.3 Å². The third-order valence-corrected chi connectivity index (χ3v) is 3.00. The molecule has 2 aromatic rings. The number of rotatable bonds is 4. The zero-order valence-electron chi connectivity index (χ0n) is 9.45. The van der Waals surface area contributed by atoms with Crippen molar-refractivity contribution in [1.29, 1.82) is 0 Å². The smallest absolute Gasteiger partial charge is 0.137 e. The van der Waals surface area contributed by atoms with Crippen LogP contribution in [-0.4, -0.2) is 9.78 Å². The first-order valence-electron chi connectivity index (χ1n) is 5.28. The fraction of sp³-hybridized carbons (Fsp3) is 0.250. The molecular weight excluding hydrogens is 285 g/mol. The van der Waals surface area contributed by atoms with E-state index in [1.165, 1.54) is 6.07 Å². The summed E-state index contributed by atoms with van der Waals surface area (Å²) in [6.45, 7) is 1.39. The van der Waals surface area contributed by atoms with Gasteiger partial charge in [0, 0.05) is 26.3 Å². The Kier molecular flexibility index (Phi) is 3.91. The Balaban J connectivity index is 1.87. The first-order valence-corrected chi connectivity index (χ1v) is 6.07. The maximum Gasteiger partial charge on any atom is 0.137 e. The Morgan fingerprint density at radius 2 is 2.18 bits per heavy atom. The summed E-state index contributed by atoms with van der Waals surface area (Å²) in [5.74, 6) is -0.238. The summed E-state index contributed by atoms with van der Waals surface area (Å²) < 4.78 is 15.3. The molecule has 0 aliphatic heterocycles. The van der Waals surface area contributed by atoms with Crippen molar-refractivity contribution in [2.75, 3.05) is 0 Å². The van der Waals surface area contributed by atoms with Crippen LogP contribution in [0, 0.1) is 5.82 Å². The van der Waals surface area contributed by atoms with Crippen LogP contribution in [-0.2, 0) is 20.1 Å². The van der Waals surface area contributed by atoms with Crippen molar-refractivity contribution in [3.8, 4) is 0 Å². The lowest BCUT2D eigenvalue weighted by atomic mass is 10.2. The summed E-state index contributed by atoms with van der Waals surface area (Å²) in [6, 6.07) is 6.97. The summed E-state index contributed by atoms with van der Waals surface area (Å²) in [4.78, 5) is 0. The third-order valence-electron chi connectivity index (χ3n) is 2.39. The summed E-state index contributed by atoms with van der Waals surface area (Å²) in [5, 5.41) is 7.52. The van der Waals surface area contributed by atoms with Crippen molar-refractivity contribution in [2.45, 2.75) is 13.1 Å². The molecule has 0 aliphatic rings. The summed E-state index contributed by atoms with van der Waals surface area (Å²) >= 11 is 3.17. The normalized spacial score (nSPS) is 10.8. The lowest BCUT2D eigenvalue weighted by Crippen LogP contribution is -2.13. The highest BCUT2D eigenvalue weighted by Gasteiger charge is 2.01. The number of aromatic nitrogens is 2. The molecule has 1 aromatic heterocycles. The number of nitrogens with one attached hydrogen (secondary N) is 1. The van der Waals surface area contributed by atoms with Crippen molar-refractivity contribution >= 4 is 15.9 Å². The highest BCUT2D eigenvalue weighted by atomic mass is 79.9. The minimum absolute atomic E-state index is 0.238. The minimum atomic E-state index is -0.238. The van der Waals surface area contributed by atoms with Gasteiger partial charge in [-0.3, -0.25) is 4.68 Å². The van der Waals surface area contributed by atoms with Crippen molar-refractivity contribution in [1.82, 2.24) is 15.1 Å². The molecule has 0 spiro atoms. The van der Waals surface area contributed by atoms with E-state index in [1.807, 2.05) is 19.3 Å². The highest BCUT2D eigenvalue weighted by molar-refractivity contribution is 9.10. The van der Waals surface area contributed by atoms with Gasteiger partial charge in [0.05, 0.1) is 10.2 Å². The predicted molar refractivity (Wildman–Crippen MR) is 67.9 cm³/mol. The van der Waals surface area contributed by atoms with Crippen molar-refractivity contribution in [3.05, 3.63) is 52.0 Å². The van der Waals surface area contributed by atoms with Gasteiger partial charge in [-0.1, -0.05) is 6.07 Å². The predicted octanol–water partition coefficient (Wildman–Crippen LogP) is 2.61. The van der Waals surface area contributed by atoms with E-state index in [4.69, 9.17) is 0 Å². The molecule has 0 atom stereocenters. The van der Waals surface area contributed by atoms with Gasteiger partial charge in [-0.15, -0.1) is 0 Å². The van der Waals surface area contributed by atoms with E-state index in [-0.39, 0.29) is 5.82 Å². The fourth-order valence-electron chi connectivity index (χ4n) is 1.54. The van der Waals surface area contributed by atoms with Gasteiger partial charge < -0.3 is 5.32 Å².